The fourth-order valence-corrected chi connectivity index (χ4v) is 3.52. The summed E-state index contributed by atoms with van der Waals surface area (Å²) in [5.41, 5.74) is 1.34. The molecule has 1 unspecified atom stereocenters. The molecule has 150 valence electrons. The van der Waals surface area contributed by atoms with E-state index in [1.54, 1.807) is 31.2 Å². The number of aryl methyl sites for hydroxylation is 1. The van der Waals surface area contributed by atoms with Crippen LogP contribution in [0.4, 0.5) is 4.39 Å². The first-order valence-corrected chi connectivity index (χ1v) is 9.66. The lowest BCUT2D eigenvalue weighted by Crippen LogP contribution is -2.39. The van der Waals surface area contributed by atoms with Gasteiger partial charge in [0.1, 0.15) is 18.2 Å². The van der Waals surface area contributed by atoms with Gasteiger partial charge in [0.2, 0.25) is 5.89 Å². The number of rotatable bonds is 5. The molecule has 1 aliphatic heterocycles. The standard InChI is InChI=1S/C22H22FN3O3/c1-15-24-21(29-25-15)17-5-4-12-26(13-17)22(27)19-6-2-3-7-20(19)28-14-16-8-10-18(23)11-9-16/h2-3,6-11,17H,4-5,12-14H2,1H3. The second-order valence-electron chi connectivity index (χ2n) is 7.18. The largest absolute Gasteiger partial charge is 0.488 e. The molecule has 0 bridgehead atoms. The van der Waals surface area contributed by atoms with Crippen molar-refractivity contribution in [1.82, 2.24) is 15.0 Å². The molecule has 0 saturated carbocycles. The lowest BCUT2D eigenvalue weighted by molar-refractivity contribution is 0.0691. The average molecular weight is 395 g/mol. The normalized spacial score (nSPS) is 16.6. The third-order valence-corrected chi connectivity index (χ3v) is 5.03. The van der Waals surface area contributed by atoms with Crippen LogP contribution in [0.15, 0.2) is 53.1 Å². The maximum atomic E-state index is 13.2. The molecule has 0 N–H and O–H groups in total. The minimum Gasteiger partial charge on any atom is -0.488 e. The fraction of sp³-hybridized carbons (Fsp3) is 0.318. The van der Waals surface area contributed by atoms with E-state index in [0.29, 0.717) is 36.1 Å². The summed E-state index contributed by atoms with van der Waals surface area (Å²) in [6, 6.07) is 13.3. The summed E-state index contributed by atoms with van der Waals surface area (Å²) in [6.07, 6.45) is 1.78. The number of halogens is 1. The van der Waals surface area contributed by atoms with Crippen molar-refractivity contribution < 1.29 is 18.4 Å². The third kappa shape index (κ3) is 4.45. The molecular formula is C22H22FN3O3. The molecule has 29 heavy (non-hydrogen) atoms. The number of hydrogen-bond acceptors (Lipinski definition) is 5. The lowest BCUT2D eigenvalue weighted by Gasteiger charge is -2.31. The van der Waals surface area contributed by atoms with Crippen LogP contribution in [0.2, 0.25) is 0 Å². The van der Waals surface area contributed by atoms with Gasteiger partial charge in [0.15, 0.2) is 5.82 Å². The highest BCUT2D eigenvalue weighted by atomic mass is 19.1. The molecule has 2 aromatic carbocycles. The van der Waals surface area contributed by atoms with Crippen molar-refractivity contribution in [3.05, 3.63) is 77.2 Å². The molecule has 0 aliphatic carbocycles. The molecule has 7 heteroatoms. The topological polar surface area (TPSA) is 68.5 Å². The van der Waals surface area contributed by atoms with Gasteiger partial charge in [-0.15, -0.1) is 0 Å². The van der Waals surface area contributed by atoms with Crippen molar-refractivity contribution in [3.63, 3.8) is 0 Å². The number of nitrogens with zero attached hydrogens (tertiary/aromatic N) is 3. The van der Waals surface area contributed by atoms with Crippen molar-refractivity contribution in [2.45, 2.75) is 32.3 Å². The van der Waals surface area contributed by atoms with E-state index >= 15 is 0 Å². The number of piperidine rings is 1. The van der Waals surface area contributed by atoms with Crippen LogP contribution in [0.3, 0.4) is 0 Å². The van der Waals surface area contributed by atoms with Crippen LogP contribution in [0.1, 0.15) is 46.4 Å². The van der Waals surface area contributed by atoms with Crippen LogP contribution in [0.5, 0.6) is 5.75 Å². The zero-order chi connectivity index (χ0) is 20.2. The first-order valence-electron chi connectivity index (χ1n) is 9.66. The Morgan fingerprint density at radius 2 is 2.03 bits per heavy atom. The number of carbonyl (C=O) groups is 1. The highest BCUT2D eigenvalue weighted by molar-refractivity contribution is 5.97. The van der Waals surface area contributed by atoms with Crippen molar-refractivity contribution >= 4 is 5.91 Å². The average Bonchev–Trinajstić information content (AvgIpc) is 3.19. The molecule has 6 nitrogen and oxygen atoms in total. The zero-order valence-corrected chi connectivity index (χ0v) is 16.2. The number of aromatic nitrogens is 2. The molecule has 1 fully saturated rings. The van der Waals surface area contributed by atoms with Gasteiger partial charge in [-0.2, -0.15) is 4.98 Å². The molecule has 2 heterocycles. The van der Waals surface area contributed by atoms with Gasteiger partial charge >= 0.3 is 0 Å². The van der Waals surface area contributed by atoms with Crippen LogP contribution in [0, 0.1) is 12.7 Å². The predicted octanol–water partition coefficient (Wildman–Crippen LogP) is 4.12. The summed E-state index contributed by atoms with van der Waals surface area (Å²) in [4.78, 5) is 19.3. The lowest BCUT2D eigenvalue weighted by atomic mass is 9.97. The second kappa shape index (κ2) is 8.43. The Kier molecular flexibility index (Phi) is 5.55. The first kappa shape index (κ1) is 19.1. The summed E-state index contributed by atoms with van der Waals surface area (Å²) < 4.78 is 24.3. The molecule has 1 atom stereocenters. The summed E-state index contributed by atoms with van der Waals surface area (Å²) in [5.74, 6) is 1.36. The molecule has 3 aromatic rings. The number of benzene rings is 2. The van der Waals surface area contributed by atoms with E-state index in [2.05, 4.69) is 10.1 Å². The predicted molar refractivity (Wildman–Crippen MR) is 104 cm³/mol. The van der Waals surface area contributed by atoms with Crippen LogP contribution >= 0.6 is 0 Å². The maximum absolute atomic E-state index is 13.2. The third-order valence-electron chi connectivity index (χ3n) is 5.03. The quantitative estimate of drug-likeness (QED) is 0.650. The van der Waals surface area contributed by atoms with Crippen molar-refractivity contribution in [2.75, 3.05) is 13.1 Å². The van der Waals surface area contributed by atoms with Crippen LogP contribution in [-0.4, -0.2) is 34.0 Å². The van der Waals surface area contributed by atoms with E-state index in [1.165, 1.54) is 12.1 Å². The minimum atomic E-state index is -0.291. The highest BCUT2D eigenvalue weighted by Gasteiger charge is 2.29. The monoisotopic (exact) mass is 395 g/mol. The van der Waals surface area contributed by atoms with Gasteiger partial charge in [-0.1, -0.05) is 29.4 Å². The van der Waals surface area contributed by atoms with Gasteiger partial charge in [0, 0.05) is 13.1 Å². The van der Waals surface area contributed by atoms with Gasteiger partial charge in [-0.05, 0) is 49.6 Å². The Hall–Kier alpha value is -3.22. The summed E-state index contributed by atoms with van der Waals surface area (Å²) in [5, 5.41) is 3.86. The number of amides is 1. The molecule has 1 aliphatic rings. The van der Waals surface area contributed by atoms with Gasteiger partial charge in [0.05, 0.1) is 11.5 Å². The van der Waals surface area contributed by atoms with Crippen LogP contribution in [0.25, 0.3) is 0 Å². The second-order valence-corrected chi connectivity index (χ2v) is 7.18. The Morgan fingerprint density at radius 1 is 1.24 bits per heavy atom. The van der Waals surface area contributed by atoms with Crippen molar-refractivity contribution in [2.24, 2.45) is 0 Å². The number of para-hydroxylation sites is 1. The van der Waals surface area contributed by atoms with Gasteiger partial charge in [-0.3, -0.25) is 4.79 Å². The fourth-order valence-electron chi connectivity index (χ4n) is 3.52. The molecular weight excluding hydrogens is 373 g/mol. The molecule has 0 spiro atoms. The molecule has 4 rings (SSSR count). The molecule has 0 radical (unpaired) electrons. The van der Waals surface area contributed by atoms with Gasteiger partial charge < -0.3 is 14.2 Å². The Morgan fingerprint density at radius 3 is 2.79 bits per heavy atom. The Labute approximate surface area is 168 Å². The maximum Gasteiger partial charge on any atom is 0.257 e. The van der Waals surface area contributed by atoms with Crippen LogP contribution in [-0.2, 0) is 6.61 Å². The summed E-state index contributed by atoms with van der Waals surface area (Å²) in [6.45, 7) is 3.25. The molecule has 1 amide bonds. The molecule has 1 saturated heterocycles. The van der Waals surface area contributed by atoms with E-state index in [1.807, 2.05) is 17.0 Å². The summed E-state index contributed by atoms with van der Waals surface area (Å²) >= 11 is 0. The van der Waals surface area contributed by atoms with E-state index in [0.717, 1.165) is 18.4 Å². The SMILES string of the molecule is Cc1noc(C2CCCN(C(=O)c3ccccc3OCc3ccc(F)cc3)C2)n1. The van der Waals surface area contributed by atoms with E-state index in [4.69, 9.17) is 9.26 Å². The Bertz CT molecular complexity index is 987. The first-order chi connectivity index (χ1) is 14.1. The smallest absolute Gasteiger partial charge is 0.257 e. The van der Waals surface area contributed by atoms with Gasteiger partial charge in [0.25, 0.3) is 5.91 Å². The van der Waals surface area contributed by atoms with E-state index in [-0.39, 0.29) is 24.2 Å². The molecule has 1 aromatic heterocycles. The summed E-state index contributed by atoms with van der Waals surface area (Å²) in [7, 11) is 0. The highest BCUT2D eigenvalue weighted by Crippen LogP contribution is 2.28. The Balaban J connectivity index is 1.47. The van der Waals surface area contributed by atoms with Crippen LogP contribution < -0.4 is 4.74 Å². The number of hydrogen-bond donors (Lipinski definition) is 0. The minimum absolute atomic E-state index is 0.0428. The van der Waals surface area contributed by atoms with Gasteiger partial charge in [-0.25, -0.2) is 4.39 Å². The van der Waals surface area contributed by atoms with E-state index in [9.17, 15) is 9.18 Å². The van der Waals surface area contributed by atoms with Crippen molar-refractivity contribution in [3.8, 4) is 5.75 Å². The van der Waals surface area contributed by atoms with Crippen molar-refractivity contribution in [1.29, 1.82) is 0 Å². The zero-order valence-electron chi connectivity index (χ0n) is 16.2. The number of ether oxygens (including phenoxy) is 1. The number of carbonyl (C=O) groups excluding carboxylic acids is 1. The van der Waals surface area contributed by atoms with E-state index < -0.39 is 0 Å². The number of likely N-dealkylation sites (tertiary alicyclic amines) is 1.